The van der Waals surface area contributed by atoms with Crippen LogP contribution in [0.4, 0.5) is 5.69 Å². The van der Waals surface area contributed by atoms with E-state index in [2.05, 4.69) is 9.97 Å². The number of H-pyrrole nitrogens is 1. The molecule has 1 atom stereocenters. The van der Waals surface area contributed by atoms with Gasteiger partial charge in [0, 0.05) is 5.69 Å². The van der Waals surface area contributed by atoms with E-state index in [1.165, 1.54) is 0 Å². The number of rotatable bonds is 3. The molecule has 20 heavy (non-hydrogen) atoms. The Labute approximate surface area is 119 Å². The summed E-state index contributed by atoms with van der Waals surface area (Å²) in [7, 11) is -1.19. The van der Waals surface area contributed by atoms with Crippen molar-refractivity contribution in [3.63, 3.8) is 0 Å². The van der Waals surface area contributed by atoms with Gasteiger partial charge in [0.15, 0.2) is 5.16 Å². The van der Waals surface area contributed by atoms with Crippen molar-refractivity contribution < 1.29 is 4.21 Å². The fourth-order valence-corrected chi connectivity index (χ4v) is 3.18. The van der Waals surface area contributed by atoms with E-state index in [0.717, 1.165) is 22.2 Å². The molecule has 0 bridgehead atoms. The Morgan fingerprint density at radius 2 is 2.10 bits per heavy atom. The van der Waals surface area contributed by atoms with Gasteiger partial charge in [-0.3, -0.25) is 4.21 Å². The molecule has 0 aliphatic rings. The van der Waals surface area contributed by atoms with Crippen LogP contribution in [0.2, 0.25) is 0 Å². The van der Waals surface area contributed by atoms with Gasteiger partial charge in [-0.05, 0) is 30.7 Å². The zero-order valence-corrected chi connectivity index (χ0v) is 11.9. The Balaban J connectivity index is 1.88. The molecule has 1 heterocycles. The summed E-state index contributed by atoms with van der Waals surface area (Å²) in [5, 5.41) is 0.493. The van der Waals surface area contributed by atoms with Crippen LogP contribution in [0.25, 0.3) is 11.0 Å². The van der Waals surface area contributed by atoms with Gasteiger partial charge in [-0.2, -0.15) is 0 Å². The highest BCUT2D eigenvalue weighted by Crippen LogP contribution is 2.18. The molecule has 102 valence electrons. The third-order valence-corrected chi connectivity index (χ3v) is 4.30. The van der Waals surface area contributed by atoms with E-state index in [4.69, 9.17) is 5.73 Å². The summed E-state index contributed by atoms with van der Waals surface area (Å²) in [4.78, 5) is 7.44. The Kier molecular flexibility index (Phi) is 3.28. The highest BCUT2D eigenvalue weighted by atomic mass is 32.2. The second-order valence-corrected chi connectivity index (χ2v) is 6.16. The Morgan fingerprint density at radius 3 is 2.90 bits per heavy atom. The smallest absolute Gasteiger partial charge is 0.197 e. The van der Waals surface area contributed by atoms with E-state index in [9.17, 15) is 4.21 Å². The van der Waals surface area contributed by atoms with Gasteiger partial charge in [0.1, 0.15) is 0 Å². The van der Waals surface area contributed by atoms with Crippen LogP contribution >= 0.6 is 0 Å². The molecule has 2 aromatic carbocycles. The molecule has 5 heteroatoms. The minimum absolute atomic E-state index is 0.455. The number of nitrogens with one attached hydrogen (secondary N) is 1. The van der Waals surface area contributed by atoms with E-state index in [1.807, 2.05) is 37.3 Å². The quantitative estimate of drug-likeness (QED) is 0.727. The third kappa shape index (κ3) is 2.58. The largest absolute Gasteiger partial charge is 0.399 e. The maximum atomic E-state index is 12.4. The standard InChI is InChI=1S/C15H15N3OS/c1-10-3-2-4-11(7-10)9-20(19)15-17-13-6-5-12(16)8-14(13)18-15/h2-8H,9,16H2,1H3,(H,17,18). The number of nitrogens with zero attached hydrogens (tertiary/aromatic N) is 1. The SMILES string of the molecule is Cc1cccc(CS(=O)c2nc3ccc(N)cc3[nH]2)c1. The molecule has 3 N–H and O–H groups in total. The number of anilines is 1. The van der Waals surface area contributed by atoms with E-state index in [1.54, 1.807) is 12.1 Å². The average Bonchev–Trinajstić information content (AvgIpc) is 2.81. The lowest BCUT2D eigenvalue weighted by Crippen LogP contribution is -1.98. The number of hydrogen-bond acceptors (Lipinski definition) is 3. The molecular formula is C15H15N3OS. The predicted molar refractivity (Wildman–Crippen MR) is 81.8 cm³/mol. The third-order valence-electron chi connectivity index (χ3n) is 3.08. The number of aryl methyl sites for hydroxylation is 1. The number of nitrogen functional groups attached to an aromatic ring is 1. The van der Waals surface area contributed by atoms with Gasteiger partial charge >= 0.3 is 0 Å². The number of hydrogen-bond donors (Lipinski definition) is 2. The molecule has 0 spiro atoms. The van der Waals surface area contributed by atoms with Crippen molar-refractivity contribution in [2.45, 2.75) is 17.8 Å². The summed E-state index contributed by atoms with van der Waals surface area (Å²) in [6.07, 6.45) is 0. The van der Waals surface area contributed by atoms with Crippen LogP contribution in [0.15, 0.2) is 47.6 Å². The lowest BCUT2D eigenvalue weighted by Gasteiger charge is -2.00. The molecule has 0 aliphatic heterocycles. The van der Waals surface area contributed by atoms with Gasteiger partial charge in [0.05, 0.1) is 27.6 Å². The van der Waals surface area contributed by atoms with E-state index in [-0.39, 0.29) is 0 Å². The zero-order valence-electron chi connectivity index (χ0n) is 11.1. The summed E-state index contributed by atoms with van der Waals surface area (Å²) in [6, 6.07) is 13.4. The van der Waals surface area contributed by atoms with Crippen molar-refractivity contribution >= 4 is 27.5 Å². The van der Waals surface area contributed by atoms with Crippen LogP contribution in [0.1, 0.15) is 11.1 Å². The summed E-state index contributed by atoms with van der Waals surface area (Å²) >= 11 is 0. The highest BCUT2D eigenvalue weighted by Gasteiger charge is 2.11. The lowest BCUT2D eigenvalue weighted by molar-refractivity contribution is 0.677. The Morgan fingerprint density at radius 1 is 1.25 bits per heavy atom. The van der Waals surface area contributed by atoms with Crippen LogP contribution in [0.3, 0.4) is 0 Å². The van der Waals surface area contributed by atoms with Crippen LogP contribution < -0.4 is 5.73 Å². The number of benzene rings is 2. The maximum absolute atomic E-state index is 12.4. The first kappa shape index (κ1) is 12.9. The maximum Gasteiger partial charge on any atom is 0.197 e. The highest BCUT2D eigenvalue weighted by molar-refractivity contribution is 7.84. The first-order valence-electron chi connectivity index (χ1n) is 6.31. The van der Waals surface area contributed by atoms with Crippen molar-refractivity contribution in [2.24, 2.45) is 0 Å². The molecule has 0 amide bonds. The fraction of sp³-hybridized carbons (Fsp3) is 0.133. The molecule has 3 rings (SSSR count). The number of fused-ring (bicyclic) bond motifs is 1. The number of nitrogens with two attached hydrogens (primary N) is 1. The van der Waals surface area contributed by atoms with Crippen LogP contribution in [0.5, 0.6) is 0 Å². The minimum Gasteiger partial charge on any atom is -0.399 e. The van der Waals surface area contributed by atoms with E-state index in [0.29, 0.717) is 16.6 Å². The van der Waals surface area contributed by atoms with Gasteiger partial charge in [0.25, 0.3) is 0 Å². The lowest BCUT2D eigenvalue weighted by atomic mass is 10.2. The normalized spacial score (nSPS) is 12.7. The molecule has 0 saturated carbocycles. The van der Waals surface area contributed by atoms with Gasteiger partial charge < -0.3 is 10.7 Å². The summed E-state index contributed by atoms with van der Waals surface area (Å²) in [5.41, 5.74) is 10.2. The number of aromatic amines is 1. The molecule has 1 aromatic heterocycles. The summed E-state index contributed by atoms with van der Waals surface area (Å²) < 4.78 is 12.4. The minimum atomic E-state index is -1.19. The van der Waals surface area contributed by atoms with Crippen LogP contribution in [0, 0.1) is 6.92 Å². The monoisotopic (exact) mass is 285 g/mol. The van der Waals surface area contributed by atoms with Crippen LogP contribution in [-0.4, -0.2) is 14.2 Å². The van der Waals surface area contributed by atoms with Crippen molar-refractivity contribution in [3.8, 4) is 0 Å². The van der Waals surface area contributed by atoms with Crippen molar-refractivity contribution in [1.29, 1.82) is 0 Å². The van der Waals surface area contributed by atoms with Crippen molar-refractivity contribution in [2.75, 3.05) is 5.73 Å². The van der Waals surface area contributed by atoms with E-state index >= 15 is 0 Å². The predicted octanol–water partition coefficient (Wildman–Crippen LogP) is 2.76. The van der Waals surface area contributed by atoms with E-state index < -0.39 is 10.8 Å². The molecular weight excluding hydrogens is 270 g/mol. The molecule has 0 radical (unpaired) electrons. The van der Waals surface area contributed by atoms with Gasteiger partial charge in [-0.1, -0.05) is 29.8 Å². The molecule has 1 unspecified atom stereocenters. The number of imidazole rings is 1. The van der Waals surface area contributed by atoms with Gasteiger partial charge in [-0.25, -0.2) is 4.98 Å². The zero-order chi connectivity index (χ0) is 14.1. The second-order valence-electron chi connectivity index (χ2n) is 4.80. The summed E-state index contributed by atoms with van der Waals surface area (Å²) in [5.74, 6) is 0.455. The van der Waals surface area contributed by atoms with Crippen molar-refractivity contribution in [3.05, 3.63) is 53.6 Å². The molecule has 0 saturated heterocycles. The Hall–Kier alpha value is -2.14. The molecule has 3 aromatic rings. The molecule has 0 aliphatic carbocycles. The van der Waals surface area contributed by atoms with Gasteiger partial charge in [0.2, 0.25) is 0 Å². The second kappa shape index (κ2) is 5.09. The molecule has 0 fully saturated rings. The van der Waals surface area contributed by atoms with Crippen LogP contribution in [-0.2, 0) is 16.6 Å². The first-order chi connectivity index (χ1) is 9.61. The topological polar surface area (TPSA) is 71.8 Å². The van der Waals surface area contributed by atoms with Gasteiger partial charge in [-0.15, -0.1) is 0 Å². The first-order valence-corrected chi connectivity index (χ1v) is 7.63. The summed E-state index contributed by atoms with van der Waals surface area (Å²) in [6.45, 7) is 2.02. The molecule has 4 nitrogen and oxygen atoms in total. The fourth-order valence-electron chi connectivity index (χ4n) is 2.13. The van der Waals surface area contributed by atoms with Crippen molar-refractivity contribution in [1.82, 2.24) is 9.97 Å². The number of aromatic nitrogens is 2. The Bertz CT molecular complexity index is 795. The average molecular weight is 285 g/mol.